The molecule has 0 unspecified atom stereocenters. The summed E-state index contributed by atoms with van der Waals surface area (Å²) in [5.74, 6) is 0.125. The molecule has 27 heavy (non-hydrogen) atoms. The van der Waals surface area contributed by atoms with Crippen LogP contribution in [0, 0.1) is 13.8 Å². The first-order chi connectivity index (χ1) is 13.0. The quantitative estimate of drug-likeness (QED) is 0.519. The Morgan fingerprint density at radius 3 is 2.70 bits per heavy atom. The number of hydrogen-bond acceptors (Lipinski definition) is 6. The van der Waals surface area contributed by atoms with E-state index in [4.69, 9.17) is 11.6 Å². The molecular weight excluding hydrogens is 400 g/mol. The van der Waals surface area contributed by atoms with Gasteiger partial charge in [0.25, 0.3) is 0 Å². The summed E-state index contributed by atoms with van der Waals surface area (Å²) in [6, 6.07) is 13.9. The highest BCUT2D eigenvalue weighted by molar-refractivity contribution is 8.01. The number of aromatic nitrogens is 2. The van der Waals surface area contributed by atoms with Crippen molar-refractivity contribution < 1.29 is 4.79 Å². The maximum absolute atomic E-state index is 12.2. The van der Waals surface area contributed by atoms with E-state index in [2.05, 4.69) is 20.8 Å². The van der Waals surface area contributed by atoms with E-state index < -0.39 is 0 Å². The van der Waals surface area contributed by atoms with Crippen molar-refractivity contribution in [1.29, 1.82) is 0 Å². The number of nitrogens with zero attached hydrogens (tertiary/aromatic N) is 2. The van der Waals surface area contributed by atoms with Crippen molar-refractivity contribution in [2.45, 2.75) is 24.7 Å². The number of amides is 1. The lowest BCUT2D eigenvalue weighted by Gasteiger charge is -2.11. The zero-order valence-corrected chi connectivity index (χ0v) is 17.3. The molecule has 0 bridgehead atoms. The van der Waals surface area contributed by atoms with E-state index in [1.165, 1.54) is 28.7 Å². The van der Waals surface area contributed by atoms with Crippen LogP contribution in [0.3, 0.4) is 0 Å². The monoisotopic (exact) mass is 418 g/mol. The number of halogens is 1. The SMILES string of the molecule is Cc1cc(C)c(NC(=O)CSc2nnc(NCc3ccccc3)s2)c(Cl)c1. The Hall–Kier alpha value is -2.09. The van der Waals surface area contributed by atoms with Crippen LogP contribution < -0.4 is 10.6 Å². The predicted molar refractivity (Wildman–Crippen MR) is 114 cm³/mol. The summed E-state index contributed by atoms with van der Waals surface area (Å²) in [6.07, 6.45) is 0. The van der Waals surface area contributed by atoms with Gasteiger partial charge in [0.05, 0.1) is 16.5 Å². The van der Waals surface area contributed by atoms with E-state index in [1.807, 2.05) is 56.3 Å². The highest BCUT2D eigenvalue weighted by Gasteiger charge is 2.12. The third-order valence-corrected chi connectivity index (χ3v) is 6.03. The second-order valence-corrected chi connectivity index (χ2v) is 8.59. The molecule has 2 aromatic carbocycles. The van der Waals surface area contributed by atoms with Crippen molar-refractivity contribution in [3.05, 3.63) is 64.2 Å². The highest BCUT2D eigenvalue weighted by Crippen LogP contribution is 2.29. The molecule has 140 valence electrons. The van der Waals surface area contributed by atoms with Gasteiger partial charge in [0, 0.05) is 6.54 Å². The number of carbonyl (C=O) groups excluding carboxylic acids is 1. The van der Waals surface area contributed by atoms with Crippen LogP contribution in [0.1, 0.15) is 16.7 Å². The first kappa shape index (κ1) is 19.7. The van der Waals surface area contributed by atoms with Crippen LogP contribution >= 0.6 is 34.7 Å². The highest BCUT2D eigenvalue weighted by atomic mass is 35.5. The third kappa shape index (κ3) is 5.69. The molecular formula is C19H19ClN4OS2. The predicted octanol–water partition coefficient (Wildman–Crippen LogP) is 5.15. The molecule has 2 N–H and O–H groups in total. The summed E-state index contributed by atoms with van der Waals surface area (Å²) in [4.78, 5) is 12.2. The molecule has 3 rings (SSSR count). The number of rotatable bonds is 7. The van der Waals surface area contributed by atoms with Crippen LogP contribution in [0.25, 0.3) is 0 Å². The molecule has 1 heterocycles. The van der Waals surface area contributed by atoms with Crippen LogP contribution in [-0.4, -0.2) is 21.9 Å². The second-order valence-electron chi connectivity index (χ2n) is 5.99. The summed E-state index contributed by atoms with van der Waals surface area (Å²) >= 11 is 9.02. The van der Waals surface area contributed by atoms with Gasteiger partial charge in [0.2, 0.25) is 11.0 Å². The Morgan fingerprint density at radius 1 is 1.19 bits per heavy atom. The molecule has 0 radical (unpaired) electrons. The topological polar surface area (TPSA) is 66.9 Å². The van der Waals surface area contributed by atoms with Gasteiger partial charge in [-0.2, -0.15) is 0 Å². The summed E-state index contributed by atoms with van der Waals surface area (Å²) in [5, 5.41) is 15.6. The minimum absolute atomic E-state index is 0.122. The fraction of sp³-hybridized carbons (Fsp3) is 0.211. The maximum Gasteiger partial charge on any atom is 0.234 e. The van der Waals surface area contributed by atoms with Gasteiger partial charge < -0.3 is 10.6 Å². The largest absolute Gasteiger partial charge is 0.356 e. The zero-order chi connectivity index (χ0) is 19.2. The van der Waals surface area contributed by atoms with Gasteiger partial charge in [-0.25, -0.2) is 0 Å². The molecule has 1 amide bonds. The molecule has 0 spiro atoms. The average molecular weight is 419 g/mol. The fourth-order valence-corrected chi connectivity index (χ4v) is 4.41. The molecule has 0 aliphatic carbocycles. The minimum Gasteiger partial charge on any atom is -0.356 e. The number of aryl methyl sites for hydroxylation is 2. The third-order valence-electron chi connectivity index (χ3n) is 3.72. The van der Waals surface area contributed by atoms with Crippen molar-refractivity contribution in [2.75, 3.05) is 16.4 Å². The second kappa shape index (κ2) is 9.21. The van der Waals surface area contributed by atoms with Crippen molar-refractivity contribution in [2.24, 2.45) is 0 Å². The molecule has 1 aromatic heterocycles. The minimum atomic E-state index is -0.122. The first-order valence-corrected chi connectivity index (χ1v) is 10.5. The van der Waals surface area contributed by atoms with E-state index in [-0.39, 0.29) is 11.7 Å². The first-order valence-electron chi connectivity index (χ1n) is 8.32. The van der Waals surface area contributed by atoms with Gasteiger partial charge in [-0.15, -0.1) is 10.2 Å². The van der Waals surface area contributed by atoms with Crippen LogP contribution in [0.2, 0.25) is 5.02 Å². The fourth-order valence-electron chi connectivity index (χ4n) is 2.49. The van der Waals surface area contributed by atoms with Crippen LogP contribution in [-0.2, 0) is 11.3 Å². The molecule has 0 saturated carbocycles. The smallest absolute Gasteiger partial charge is 0.234 e. The van der Waals surface area contributed by atoms with Crippen LogP contribution in [0.5, 0.6) is 0 Å². The van der Waals surface area contributed by atoms with Gasteiger partial charge in [-0.05, 0) is 36.6 Å². The summed E-state index contributed by atoms with van der Waals surface area (Å²) in [5.41, 5.74) is 3.85. The maximum atomic E-state index is 12.2. The van der Waals surface area contributed by atoms with Gasteiger partial charge in [-0.3, -0.25) is 4.79 Å². The lowest BCUT2D eigenvalue weighted by molar-refractivity contribution is -0.113. The number of anilines is 2. The van der Waals surface area contributed by atoms with Crippen molar-refractivity contribution in [3.63, 3.8) is 0 Å². The molecule has 3 aromatic rings. The zero-order valence-electron chi connectivity index (χ0n) is 15.0. The molecule has 8 heteroatoms. The van der Waals surface area contributed by atoms with E-state index in [0.717, 1.165) is 20.6 Å². The van der Waals surface area contributed by atoms with Gasteiger partial charge in [0.15, 0.2) is 4.34 Å². The average Bonchev–Trinajstić information content (AvgIpc) is 3.10. The number of benzene rings is 2. The normalized spacial score (nSPS) is 10.6. The molecule has 0 saturated heterocycles. The molecule has 0 atom stereocenters. The lowest BCUT2D eigenvalue weighted by atomic mass is 10.1. The summed E-state index contributed by atoms with van der Waals surface area (Å²) in [6.45, 7) is 4.59. The summed E-state index contributed by atoms with van der Waals surface area (Å²) in [7, 11) is 0. The Bertz CT molecular complexity index is 907. The van der Waals surface area contributed by atoms with Crippen LogP contribution in [0.15, 0.2) is 46.8 Å². The Kier molecular flexibility index (Phi) is 6.71. The van der Waals surface area contributed by atoms with Crippen molar-refractivity contribution in [1.82, 2.24) is 10.2 Å². The molecule has 0 fully saturated rings. The van der Waals surface area contributed by atoms with Crippen LogP contribution in [0.4, 0.5) is 10.8 Å². The number of nitrogens with one attached hydrogen (secondary N) is 2. The van der Waals surface area contributed by atoms with Gasteiger partial charge in [-0.1, -0.05) is 71.1 Å². The Balaban J connectivity index is 1.50. The number of carbonyl (C=O) groups is 1. The number of thioether (sulfide) groups is 1. The van der Waals surface area contributed by atoms with Crippen molar-refractivity contribution >= 4 is 51.4 Å². The number of hydrogen-bond donors (Lipinski definition) is 2. The van der Waals surface area contributed by atoms with E-state index in [0.29, 0.717) is 17.3 Å². The Morgan fingerprint density at radius 2 is 1.96 bits per heavy atom. The standard InChI is InChI=1S/C19H19ClN4OS2/c1-12-8-13(2)17(15(20)9-12)22-16(25)11-26-19-24-23-18(27-19)21-10-14-6-4-3-5-7-14/h3-9H,10-11H2,1-2H3,(H,21,23)(H,22,25). The van der Waals surface area contributed by atoms with E-state index in [9.17, 15) is 4.79 Å². The molecule has 5 nitrogen and oxygen atoms in total. The molecule has 0 aliphatic heterocycles. The molecule has 0 aliphatic rings. The van der Waals surface area contributed by atoms with E-state index in [1.54, 1.807) is 0 Å². The van der Waals surface area contributed by atoms with Crippen molar-refractivity contribution in [3.8, 4) is 0 Å². The lowest BCUT2D eigenvalue weighted by Crippen LogP contribution is -2.15. The van der Waals surface area contributed by atoms with Gasteiger partial charge >= 0.3 is 0 Å². The summed E-state index contributed by atoms with van der Waals surface area (Å²) < 4.78 is 0.743. The Labute approximate surface area is 171 Å². The van der Waals surface area contributed by atoms with Gasteiger partial charge in [0.1, 0.15) is 0 Å². The van der Waals surface area contributed by atoms with E-state index >= 15 is 0 Å².